The molecule has 4 heteroatoms. The third-order valence-electron chi connectivity index (χ3n) is 2.38. The molecule has 0 spiro atoms. The molecule has 0 saturated heterocycles. The lowest BCUT2D eigenvalue weighted by Crippen LogP contribution is -2.03. The van der Waals surface area contributed by atoms with Gasteiger partial charge in [0.1, 0.15) is 11.4 Å². The van der Waals surface area contributed by atoms with Gasteiger partial charge in [-0.25, -0.2) is 9.18 Å². The summed E-state index contributed by atoms with van der Waals surface area (Å²) in [5.41, 5.74) is 0.635. The zero-order chi connectivity index (χ0) is 12.4. The van der Waals surface area contributed by atoms with Gasteiger partial charge < -0.3 is 5.11 Å². The highest BCUT2D eigenvalue weighted by molar-refractivity contribution is 6.30. The lowest BCUT2D eigenvalue weighted by Gasteiger charge is -2.07. The van der Waals surface area contributed by atoms with Crippen LogP contribution in [0.3, 0.4) is 0 Å². The molecule has 0 unspecified atom stereocenters. The van der Waals surface area contributed by atoms with Crippen molar-refractivity contribution in [3.05, 3.63) is 58.9 Å². The molecule has 0 heterocycles. The van der Waals surface area contributed by atoms with Crippen LogP contribution in [0.1, 0.15) is 10.4 Å². The lowest BCUT2D eigenvalue weighted by molar-refractivity contribution is 0.0693. The Balaban J connectivity index is 2.63. The molecule has 0 radical (unpaired) electrons. The summed E-state index contributed by atoms with van der Waals surface area (Å²) >= 11 is 5.74. The van der Waals surface area contributed by atoms with Crippen molar-refractivity contribution in [3.63, 3.8) is 0 Å². The first-order valence-corrected chi connectivity index (χ1v) is 5.25. The van der Waals surface area contributed by atoms with E-state index in [4.69, 9.17) is 16.7 Å². The van der Waals surface area contributed by atoms with Crippen LogP contribution in [0.25, 0.3) is 11.1 Å². The number of carboxylic acid groups (broad SMARTS) is 1. The number of carboxylic acids is 1. The van der Waals surface area contributed by atoms with Crippen LogP contribution in [-0.2, 0) is 0 Å². The minimum Gasteiger partial charge on any atom is -0.478 e. The van der Waals surface area contributed by atoms with Crippen LogP contribution in [0.15, 0.2) is 42.5 Å². The average Bonchev–Trinajstić information content (AvgIpc) is 2.29. The number of rotatable bonds is 2. The second-order valence-corrected chi connectivity index (χ2v) is 3.91. The molecule has 0 fully saturated rings. The highest BCUT2D eigenvalue weighted by Crippen LogP contribution is 2.26. The van der Waals surface area contributed by atoms with Gasteiger partial charge in [0.15, 0.2) is 0 Å². The van der Waals surface area contributed by atoms with E-state index in [1.807, 2.05) is 0 Å². The van der Waals surface area contributed by atoms with E-state index in [0.29, 0.717) is 16.1 Å². The zero-order valence-corrected chi connectivity index (χ0v) is 9.41. The molecule has 2 rings (SSSR count). The molecule has 0 aromatic heterocycles. The van der Waals surface area contributed by atoms with Gasteiger partial charge in [0.25, 0.3) is 0 Å². The molecule has 2 aromatic carbocycles. The van der Waals surface area contributed by atoms with E-state index in [2.05, 4.69) is 0 Å². The maximum absolute atomic E-state index is 13.5. The van der Waals surface area contributed by atoms with E-state index in [9.17, 15) is 9.18 Å². The van der Waals surface area contributed by atoms with Crippen LogP contribution in [0.2, 0.25) is 5.02 Å². The second kappa shape index (κ2) is 4.55. The van der Waals surface area contributed by atoms with Crippen molar-refractivity contribution in [2.45, 2.75) is 0 Å². The SMILES string of the molecule is O=C(O)c1c(F)cccc1-c1ccc(Cl)cc1. The van der Waals surface area contributed by atoms with Crippen LogP contribution in [0.5, 0.6) is 0 Å². The van der Waals surface area contributed by atoms with Gasteiger partial charge in [-0.2, -0.15) is 0 Å². The molecular weight excluding hydrogens is 243 g/mol. The molecule has 0 aliphatic heterocycles. The van der Waals surface area contributed by atoms with Crippen molar-refractivity contribution >= 4 is 17.6 Å². The quantitative estimate of drug-likeness (QED) is 0.879. The van der Waals surface area contributed by atoms with Gasteiger partial charge in [0.05, 0.1) is 0 Å². The van der Waals surface area contributed by atoms with Crippen LogP contribution in [0.4, 0.5) is 4.39 Å². The van der Waals surface area contributed by atoms with Crippen molar-refractivity contribution in [2.75, 3.05) is 0 Å². The fourth-order valence-electron chi connectivity index (χ4n) is 1.61. The van der Waals surface area contributed by atoms with Crippen molar-refractivity contribution in [3.8, 4) is 11.1 Å². The Morgan fingerprint density at radius 3 is 2.35 bits per heavy atom. The number of benzene rings is 2. The van der Waals surface area contributed by atoms with Gasteiger partial charge in [-0.15, -0.1) is 0 Å². The summed E-state index contributed by atoms with van der Waals surface area (Å²) in [6.45, 7) is 0. The van der Waals surface area contributed by atoms with Crippen molar-refractivity contribution in [1.82, 2.24) is 0 Å². The van der Waals surface area contributed by atoms with Gasteiger partial charge in [0.2, 0.25) is 0 Å². The molecule has 0 amide bonds. The molecule has 0 atom stereocenters. The van der Waals surface area contributed by atoms with Gasteiger partial charge in [-0.3, -0.25) is 0 Å². The first-order chi connectivity index (χ1) is 8.09. The zero-order valence-electron chi connectivity index (χ0n) is 8.65. The molecule has 86 valence electrons. The monoisotopic (exact) mass is 250 g/mol. The van der Waals surface area contributed by atoms with E-state index in [1.165, 1.54) is 6.07 Å². The van der Waals surface area contributed by atoms with E-state index in [0.717, 1.165) is 6.07 Å². The van der Waals surface area contributed by atoms with Crippen LogP contribution >= 0.6 is 11.6 Å². The number of aromatic carboxylic acids is 1. The molecule has 17 heavy (non-hydrogen) atoms. The van der Waals surface area contributed by atoms with Crippen LogP contribution in [0, 0.1) is 5.82 Å². The Hall–Kier alpha value is -1.87. The Bertz CT molecular complexity index is 564. The highest BCUT2D eigenvalue weighted by atomic mass is 35.5. The minimum absolute atomic E-state index is 0.324. The summed E-state index contributed by atoms with van der Waals surface area (Å²) in [7, 11) is 0. The van der Waals surface area contributed by atoms with Gasteiger partial charge in [-0.1, -0.05) is 35.9 Å². The molecule has 2 aromatic rings. The molecule has 0 bridgehead atoms. The normalized spacial score (nSPS) is 10.2. The summed E-state index contributed by atoms with van der Waals surface area (Å²) in [5.74, 6) is -2.03. The number of hydrogen-bond acceptors (Lipinski definition) is 1. The predicted molar refractivity (Wildman–Crippen MR) is 63.8 cm³/mol. The van der Waals surface area contributed by atoms with Gasteiger partial charge in [0, 0.05) is 5.02 Å². The Kier molecular flexibility index (Phi) is 3.11. The summed E-state index contributed by atoms with van der Waals surface area (Å²) in [6.07, 6.45) is 0. The molecular formula is C13H8ClFO2. The molecule has 1 N–H and O–H groups in total. The van der Waals surface area contributed by atoms with Crippen LogP contribution < -0.4 is 0 Å². The molecule has 0 saturated carbocycles. The van der Waals surface area contributed by atoms with Crippen LogP contribution in [-0.4, -0.2) is 11.1 Å². The number of halogens is 2. The number of hydrogen-bond donors (Lipinski definition) is 1. The summed E-state index contributed by atoms with van der Waals surface area (Å²) < 4.78 is 13.5. The maximum Gasteiger partial charge on any atom is 0.339 e. The average molecular weight is 251 g/mol. The smallest absolute Gasteiger partial charge is 0.339 e. The summed E-state index contributed by atoms with van der Waals surface area (Å²) in [6, 6.07) is 10.7. The Labute approximate surface area is 102 Å². The third-order valence-corrected chi connectivity index (χ3v) is 2.63. The molecule has 2 nitrogen and oxygen atoms in total. The van der Waals surface area contributed by atoms with E-state index in [-0.39, 0.29) is 5.56 Å². The molecule has 0 aliphatic rings. The first kappa shape index (κ1) is 11.6. The largest absolute Gasteiger partial charge is 0.478 e. The Morgan fingerprint density at radius 2 is 1.76 bits per heavy atom. The van der Waals surface area contributed by atoms with E-state index >= 15 is 0 Å². The Morgan fingerprint density at radius 1 is 1.12 bits per heavy atom. The summed E-state index contributed by atoms with van der Waals surface area (Å²) in [4.78, 5) is 11.0. The molecule has 0 aliphatic carbocycles. The second-order valence-electron chi connectivity index (χ2n) is 3.47. The van der Waals surface area contributed by atoms with Crippen molar-refractivity contribution < 1.29 is 14.3 Å². The van der Waals surface area contributed by atoms with Gasteiger partial charge >= 0.3 is 5.97 Å². The van der Waals surface area contributed by atoms with E-state index < -0.39 is 11.8 Å². The van der Waals surface area contributed by atoms with Crippen molar-refractivity contribution in [1.29, 1.82) is 0 Å². The first-order valence-electron chi connectivity index (χ1n) is 4.87. The fraction of sp³-hybridized carbons (Fsp3) is 0. The lowest BCUT2D eigenvalue weighted by atomic mass is 9.99. The third kappa shape index (κ3) is 2.29. The predicted octanol–water partition coefficient (Wildman–Crippen LogP) is 3.84. The summed E-state index contributed by atoms with van der Waals surface area (Å²) in [5, 5.41) is 9.54. The standard InChI is InChI=1S/C13H8ClFO2/c14-9-6-4-8(5-7-9)10-2-1-3-11(15)12(10)13(16)17/h1-7H,(H,16,17). The number of carbonyl (C=O) groups is 1. The fourth-order valence-corrected chi connectivity index (χ4v) is 1.74. The van der Waals surface area contributed by atoms with E-state index in [1.54, 1.807) is 30.3 Å². The highest BCUT2D eigenvalue weighted by Gasteiger charge is 2.16. The topological polar surface area (TPSA) is 37.3 Å². The van der Waals surface area contributed by atoms with Crippen molar-refractivity contribution in [2.24, 2.45) is 0 Å². The minimum atomic E-state index is -1.28. The maximum atomic E-state index is 13.5. The van der Waals surface area contributed by atoms with Gasteiger partial charge in [-0.05, 0) is 29.3 Å².